The Bertz CT molecular complexity index is 1010. The Morgan fingerprint density at radius 2 is 1.85 bits per heavy atom. The monoisotopic (exact) mass is 424 g/mol. The molecule has 5 heteroatoms. The van der Waals surface area contributed by atoms with Crippen LogP contribution in [0.1, 0.15) is 21.5 Å². The van der Waals surface area contributed by atoms with E-state index >= 15 is 0 Å². The van der Waals surface area contributed by atoms with Crippen LogP contribution in [0.3, 0.4) is 0 Å². The summed E-state index contributed by atoms with van der Waals surface area (Å²) in [5, 5.41) is 2.97. The molecule has 4 rings (SSSR count). The van der Waals surface area contributed by atoms with E-state index in [4.69, 9.17) is 0 Å². The molecule has 3 aromatic rings. The van der Waals surface area contributed by atoms with E-state index in [1.54, 1.807) is 0 Å². The minimum atomic E-state index is -0.383. The van der Waals surface area contributed by atoms with E-state index in [1.807, 2.05) is 24.3 Å². The number of amides is 1. The van der Waals surface area contributed by atoms with Gasteiger partial charge in [0.2, 0.25) is 0 Å². The fraction of sp³-hybridized carbons (Fsp3) is 0.136. The maximum absolute atomic E-state index is 13.3. The van der Waals surface area contributed by atoms with Crippen molar-refractivity contribution in [3.63, 3.8) is 0 Å². The molecule has 0 radical (unpaired) electrons. The molecule has 0 saturated carbocycles. The van der Waals surface area contributed by atoms with Gasteiger partial charge >= 0.3 is 0 Å². The summed E-state index contributed by atoms with van der Waals surface area (Å²) in [5.41, 5.74) is 4.82. The van der Waals surface area contributed by atoms with Gasteiger partial charge < -0.3 is 10.2 Å². The Hall–Kier alpha value is -2.66. The molecule has 0 spiro atoms. The SMILES string of the molecule is O=C(Nc1ccccc1CN1CCc2ccccc21)c1ccc(F)cc1Br. The standard InChI is InChI=1S/C22H18BrFN2O/c23-19-13-17(24)9-10-18(19)22(27)25-20-7-3-1-6-16(20)14-26-12-11-15-5-2-4-8-21(15)26/h1-10,13H,11-12,14H2,(H,25,27). The number of hydrogen-bond donors (Lipinski definition) is 1. The molecule has 0 bridgehead atoms. The van der Waals surface area contributed by atoms with Gasteiger partial charge in [0, 0.05) is 28.9 Å². The first-order chi connectivity index (χ1) is 13.1. The Balaban J connectivity index is 1.56. The first-order valence-corrected chi connectivity index (χ1v) is 9.58. The predicted octanol–water partition coefficient (Wildman–Crippen LogP) is 5.40. The number of benzene rings is 3. The molecule has 0 aliphatic carbocycles. The summed E-state index contributed by atoms with van der Waals surface area (Å²) < 4.78 is 13.7. The molecule has 0 unspecified atom stereocenters. The fourth-order valence-corrected chi connectivity index (χ4v) is 3.95. The predicted molar refractivity (Wildman–Crippen MR) is 110 cm³/mol. The van der Waals surface area contributed by atoms with Crippen LogP contribution in [-0.4, -0.2) is 12.5 Å². The Morgan fingerprint density at radius 3 is 2.70 bits per heavy atom. The second kappa shape index (κ2) is 7.53. The number of nitrogens with zero attached hydrogens (tertiary/aromatic N) is 1. The molecule has 1 heterocycles. The molecule has 1 amide bonds. The normalized spacial score (nSPS) is 12.7. The third-order valence-corrected chi connectivity index (χ3v) is 5.44. The van der Waals surface area contributed by atoms with Gasteiger partial charge in [-0.15, -0.1) is 0 Å². The zero-order chi connectivity index (χ0) is 18.8. The number of anilines is 2. The molecule has 0 fully saturated rings. The van der Waals surface area contributed by atoms with Crippen molar-refractivity contribution >= 4 is 33.2 Å². The summed E-state index contributed by atoms with van der Waals surface area (Å²) in [4.78, 5) is 15.0. The molecule has 3 aromatic carbocycles. The zero-order valence-electron chi connectivity index (χ0n) is 14.6. The van der Waals surface area contributed by atoms with E-state index in [2.05, 4.69) is 50.4 Å². The average molecular weight is 425 g/mol. The molecule has 1 aliphatic heterocycles. The van der Waals surface area contributed by atoms with Crippen LogP contribution in [0.25, 0.3) is 0 Å². The highest BCUT2D eigenvalue weighted by atomic mass is 79.9. The molecule has 136 valence electrons. The van der Waals surface area contributed by atoms with Crippen molar-refractivity contribution in [3.05, 3.63) is 93.7 Å². The highest BCUT2D eigenvalue weighted by Gasteiger charge is 2.20. The quantitative estimate of drug-likeness (QED) is 0.607. The van der Waals surface area contributed by atoms with E-state index in [0.29, 0.717) is 10.0 Å². The van der Waals surface area contributed by atoms with Gasteiger partial charge in [-0.25, -0.2) is 4.39 Å². The number of hydrogen-bond acceptors (Lipinski definition) is 2. The smallest absolute Gasteiger partial charge is 0.256 e. The van der Waals surface area contributed by atoms with Crippen LogP contribution in [0, 0.1) is 5.82 Å². The summed E-state index contributed by atoms with van der Waals surface area (Å²) in [5.74, 6) is -0.650. The fourth-order valence-electron chi connectivity index (χ4n) is 3.42. The summed E-state index contributed by atoms with van der Waals surface area (Å²) >= 11 is 3.26. The average Bonchev–Trinajstić information content (AvgIpc) is 3.06. The number of rotatable bonds is 4. The van der Waals surface area contributed by atoms with Gasteiger partial charge in [0.05, 0.1) is 5.56 Å². The van der Waals surface area contributed by atoms with Gasteiger partial charge in [-0.2, -0.15) is 0 Å². The summed E-state index contributed by atoms with van der Waals surface area (Å²) in [6, 6.07) is 20.3. The van der Waals surface area contributed by atoms with E-state index in [-0.39, 0.29) is 11.7 Å². The molecular formula is C22H18BrFN2O. The number of carbonyl (C=O) groups is 1. The Kier molecular flexibility index (Phi) is 4.94. The zero-order valence-corrected chi connectivity index (χ0v) is 16.2. The molecule has 1 N–H and O–H groups in total. The molecule has 0 aromatic heterocycles. The summed E-state index contributed by atoms with van der Waals surface area (Å²) in [7, 11) is 0. The number of nitrogens with one attached hydrogen (secondary N) is 1. The van der Waals surface area contributed by atoms with Crippen molar-refractivity contribution in [1.82, 2.24) is 0 Å². The van der Waals surface area contributed by atoms with Gasteiger partial charge in [-0.05, 0) is 63.8 Å². The Morgan fingerprint density at radius 1 is 1.07 bits per heavy atom. The van der Waals surface area contributed by atoms with Gasteiger partial charge in [0.1, 0.15) is 5.82 Å². The lowest BCUT2D eigenvalue weighted by Crippen LogP contribution is -2.21. The molecule has 0 saturated heterocycles. The first kappa shape index (κ1) is 17.7. The van der Waals surface area contributed by atoms with Crippen LogP contribution >= 0.6 is 15.9 Å². The van der Waals surface area contributed by atoms with Crippen LogP contribution < -0.4 is 10.2 Å². The first-order valence-electron chi connectivity index (χ1n) is 8.79. The van der Waals surface area contributed by atoms with Crippen molar-refractivity contribution in [1.29, 1.82) is 0 Å². The van der Waals surface area contributed by atoms with Gasteiger partial charge in [0.25, 0.3) is 5.91 Å². The minimum Gasteiger partial charge on any atom is -0.367 e. The van der Waals surface area contributed by atoms with Crippen LogP contribution in [-0.2, 0) is 13.0 Å². The maximum atomic E-state index is 13.3. The number of carbonyl (C=O) groups excluding carboxylic acids is 1. The van der Waals surface area contributed by atoms with Crippen molar-refractivity contribution in [2.24, 2.45) is 0 Å². The number of para-hydroxylation sites is 2. The van der Waals surface area contributed by atoms with Crippen molar-refractivity contribution in [2.75, 3.05) is 16.8 Å². The summed E-state index contributed by atoms with van der Waals surface area (Å²) in [6.45, 7) is 1.68. The van der Waals surface area contributed by atoms with Crippen LogP contribution in [0.15, 0.2) is 71.2 Å². The van der Waals surface area contributed by atoms with Crippen molar-refractivity contribution in [2.45, 2.75) is 13.0 Å². The highest BCUT2D eigenvalue weighted by molar-refractivity contribution is 9.10. The van der Waals surface area contributed by atoms with E-state index < -0.39 is 0 Å². The van der Waals surface area contributed by atoms with Crippen LogP contribution in [0.4, 0.5) is 15.8 Å². The van der Waals surface area contributed by atoms with E-state index in [9.17, 15) is 9.18 Å². The third kappa shape index (κ3) is 3.74. The molecule has 1 aliphatic rings. The van der Waals surface area contributed by atoms with Crippen LogP contribution in [0.5, 0.6) is 0 Å². The maximum Gasteiger partial charge on any atom is 0.256 e. The number of halogens is 2. The minimum absolute atomic E-state index is 0.267. The molecule has 0 atom stereocenters. The van der Waals surface area contributed by atoms with Crippen molar-refractivity contribution < 1.29 is 9.18 Å². The number of fused-ring (bicyclic) bond motifs is 1. The lowest BCUT2D eigenvalue weighted by molar-refractivity contribution is 0.102. The van der Waals surface area contributed by atoms with Crippen molar-refractivity contribution in [3.8, 4) is 0 Å². The summed E-state index contributed by atoms with van der Waals surface area (Å²) in [6.07, 6.45) is 1.03. The lowest BCUT2D eigenvalue weighted by Gasteiger charge is -2.21. The highest BCUT2D eigenvalue weighted by Crippen LogP contribution is 2.30. The molecular weight excluding hydrogens is 407 g/mol. The van der Waals surface area contributed by atoms with E-state index in [1.165, 1.54) is 29.4 Å². The topological polar surface area (TPSA) is 32.3 Å². The third-order valence-electron chi connectivity index (χ3n) is 4.79. The van der Waals surface area contributed by atoms with Crippen LogP contribution in [0.2, 0.25) is 0 Å². The Labute approximate surface area is 166 Å². The lowest BCUT2D eigenvalue weighted by atomic mass is 10.1. The second-order valence-electron chi connectivity index (χ2n) is 6.54. The molecule has 3 nitrogen and oxygen atoms in total. The van der Waals surface area contributed by atoms with E-state index in [0.717, 1.165) is 30.8 Å². The molecule has 27 heavy (non-hydrogen) atoms. The largest absolute Gasteiger partial charge is 0.367 e. The second-order valence-corrected chi connectivity index (χ2v) is 7.39. The van der Waals surface area contributed by atoms with Gasteiger partial charge in [-0.3, -0.25) is 4.79 Å². The van der Waals surface area contributed by atoms with Gasteiger partial charge in [-0.1, -0.05) is 36.4 Å². The van der Waals surface area contributed by atoms with Gasteiger partial charge in [0.15, 0.2) is 0 Å².